The fraction of sp³-hybridized carbons (Fsp3) is 0.385. The van der Waals surface area contributed by atoms with Crippen LogP contribution in [-0.4, -0.2) is 8.42 Å². The summed E-state index contributed by atoms with van der Waals surface area (Å²) in [6.07, 6.45) is 5.10. The Balaban J connectivity index is 2.73. The molecule has 0 radical (unpaired) electrons. The quantitative estimate of drug-likeness (QED) is 0.600. The van der Waals surface area contributed by atoms with Gasteiger partial charge in [0.2, 0.25) is 10.0 Å². The number of allylic oxidation sites excluding steroid dienone is 1. The van der Waals surface area contributed by atoms with Crippen molar-refractivity contribution in [2.24, 2.45) is 5.14 Å². The second kappa shape index (κ2) is 6.57. The van der Waals surface area contributed by atoms with E-state index in [9.17, 15) is 8.42 Å². The minimum atomic E-state index is -3.53. The largest absolute Gasteiger partial charge is 0.228 e. The van der Waals surface area contributed by atoms with E-state index in [2.05, 4.69) is 6.58 Å². The van der Waals surface area contributed by atoms with Crippen LogP contribution in [0.4, 0.5) is 0 Å². The smallest absolute Gasteiger partial charge is 0.216 e. The molecule has 0 spiro atoms. The van der Waals surface area contributed by atoms with Gasteiger partial charge in [0.05, 0.1) is 0 Å². The number of nitrogens with two attached hydrogens (primary N) is 1. The number of benzene rings is 1. The Morgan fingerprint density at radius 1 is 1.24 bits per heavy atom. The topological polar surface area (TPSA) is 60.2 Å². The molecule has 94 valence electrons. The number of hydrogen-bond donors (Lipinski definition) is 1. The number of sulfonamides is 1. The maximum atomic E-state index is 11.6. The summed E-state index contributed by atoms with van der Waals surface area (Å²) < 4.78 is 23.1. The van der Waals surface area contributed by atoms with Gasteiger partial charge in [-0.25, -0.2) is 13.6 Å². The Morgan fingerprint density at radius 3 is 2.41 bits per heavy atom. The van der Waals surface area contributed by atoms with Crippen molar-refractivity contribution >= 4 is 10.0 Å². The molecule has 1 rings (SSSR count). The van der Waals surface area contributed by atoms with E-state index >= 15 is 0 Å². The third-order valence-corrected chi connectivity index (χ3v) is 3.99. The highest BCUT2D eigenvalue weighted by Gasteiger charge is 2.22. The fourth-order valence-electron chi connectivity index (χ4n) is 1.81. The molecule has 0 saturated heterocycles. The SMILES string of the molecule is C=CCCCCC(c1ccccc1)S(N)(=O)=O. The second-order valence-electron chi connectivity index (χ2n) is 4.06. The molecule has 0 aliphatic carbocycles. The third-order valence-electron chi connectivity index (χ3n) is 2.69. The number of rotatable bonds is 7. The van der Waals surface area contributed by atoms with Gasteiger partial charge in [-0.2, -0.15) is 0 Å². The highest BCUT2D eigenvalue weighted by molar-refractivity contribution is 7.89. The summed E-state index contributed by atoms with van der Waals surface area (Å²) in [7, 11) is -3.53. The van der Waals surface area contributed by atoms with Gasteiger partial charge in [0, 0.05) is 0 Å². The van der Waals surface area contributed by atoms with E-state index in [1.165, 1.54) is 0 Å². The van der Waals surface area contributed by atoms with Crippen LogP contribution >= 0.6 is 0 Å². The van der Waals surface area contributed by atoms with Crippen molar-refractivity contribution in [1.29, 1.82) is 0 Å². The molecule has 0 fully saturated rings. The minimum absolute atomic E-state index is 0.566. The second-order valence-corrected chi connectivity index (χ2v) is 5.81. The summed E-state index contributed by atoms with van der Waals surface area (Å²) >= 11 is 0. The van der Waals surface area contributed by atoms with Crippen molar-refractivity contribution in [2.45, 2.75) is 30.9 Å². The molecular weight excluding hydrogens is 234 g/mol. The molecule has 2 N–H and O–H groups in total. The van der Waals surface area contributed by atoms with Gasteiger partial charge in [-0.15, -0.1) is 6.58 Å². The fourth-order valence-corrected chi connectivity index (χ4v) is 2.84. The number of primary sulfonamides is 1. The van der Waals surface area contributed by atoms with Crippen LogP contribution in [0.5, 0.6) is 0 Å². The average Bonchev–Trinajstić information content (AvgIpc) is 2.28. The molecule has 0 aliphatic heterocycles. The molecule has 4 heteroatoms. The molecule has 0 amide bonds. The normalized spacial score (nSPS) is 13.2. The first-order valence-corrected chi connectivity index (χ1v) is 7.34. The van der Waals surface area contributed by atoms with Gasteiger partial charge in [0.15, 0.2) is 0 Å². The van der Waals surface area contributed by atoms with E-state index in [0.717, 1.165) is 24.8 Å². The van der Waals surface area contributed by atoms with Crippen LogP contribution < -0.4 is 5.14 Å². The van der Waals surface area contributed by atoms with E-state index in [-0.39, 0.29) is 0 Å². The zero-order chi connectivity index (χ0) is 12.7. The standard InChI is InChI=1S/C13H19NO2S/c1-2-3-4-8-11-13(17(14,15)16)12-9-6-5-7-10-12/h2,5-7,9-10,13H,1,3-4,8,11H2,(H2,14,15,16). The molecular formula is C13H19NO2S. The molecule has 1 atom stereocenters. The molecule has 1 aromatic rings. The third kappa shape index (κ3) is 4.71. The summed E-state index contributed by atoms with van der Waals surface area (Å²) in [5.74, 6) is 0. The van der Waals surface area contributed by atoms with Gasteiger partial charge in [0.25, 0.3) is 0 Å². The van der Waals surface area contributed by atoms with E-state index in [1.54, 1.807) is 0 Å². The van der Waals surface area contributed by atoms with Crippen molar-refractivity contribution in [3.63, 3.8) is 0 Å². The average molecular weight is 253 g/mol. The van der Waals surface area contributed by atoms with Crippen LogP contribution in [0.3, 0.4) is 0 Å². The highest BCUT2D eigenvalue weighted by Crippen LogP contribution is 2.26. The van der Waals surface area contributed by atoms with Crippen molar-refractivity contribution in [2.75, 3.05) is 0 Å². The summed E-state index contributed by atoms with van der Waals surface area (Å²) in [5.41, 5.74) is 0.772. The molecule has 0 bridgehead atoms. The van der Waals surface area contributed by atoms with Crippen LogP contribution in [0.25, 0.3) is 0 Å². The molecule has 0 saturated carbocycles. The maximum absolute atomic E-state index is 11.6. The van der Waals surface area contributed by atoms with E-state index in [0.29, 0.717) is 6.42 Å². The van der Waals surface area contributed by atoms with Crippen LogP contribution in [0.1, 0.15) is 36.5 Å². The lowest BCUT2D eigenvalue weighted by Crippen LogP contribution is -2.21. The highest BCUT2D eigenvalue weighted by atomic mass is 32.2. The van der Waals surface area contributed by atoms with Crippen molar-refractivity contribution in [3.05, 3.63) is 48.6 Å². The Bertz CT molecular complexity index is 440. The predicted molar refractivity (Wildman–Crippen MR) is 71.0 cm³/mol. The lowest BCUT2D eigenvalue weighted by molar-refractivity contribution is 0.567. The summed E-state index contributed by atoms with van der Waals surface area (Å²) in [4.78, 5) is 0. The van der Waals surface area contributed by atoms with Gasteiger partial charge < -0.3 is 0 Å². The molecule has 0 aromatic heterocycles. The lowest BCUT2D eigenvalue weighted by atomic mass is 10.1. The molecule has 17 heavy (non-hydrogen) atoms. The van der Waals surface area contributed by atoms with E-state index in [1.807, 2.05) is 36.4 Å². The number of unbranched alkanes of at least 4 members (excludes halogenated alkanes) is 2. The Morgan fingerprint density at radius 2 is 1.88 bits per heavy atom. The van der Waals surface area contributed by atoms with Crippen LogP contribution in [0.15, 0.2) is 43.0 Å². The predicted octanol–water partition coefficient (Wildman–Crippen LogP) is 2.76. The van der Waals surface area contributed by atoms with Gasteiger partial charge in [0.1, 0.15) is 5.25 Å². The van der Waals surface area contributed by atoms with Gasteiger partial charge >= 0.3 is 0 Å². The first-order valence-electron chi connectivity index (χ1n) is 5.73. The lowest BCUT2D eigenvalue weighted by Gasteiger charge is -2.14. The zero-order valence-corrected chi connectivity index (χ0v) is 10.7. The summed E-state index contributed by atoms with van der Waals surface area (Å²) in [6, 6.07) is 9.14. The first kappa shape index (κ1) is 13.9. The minimum Gasteiger partial charge on any atom is -0.228 e. The van der Waals surface area contributed by atoms with Crippen LogP contribution in [0, 0.1) is 0 Å². The van der Waals surface area contributed by atoms with Crippen LogP contribution in [-0.2, 0) is 10.0 Å². The van der Waals surface area contributed by atoms with Crippen molar-refractivity contribution < 1.29 is 8.42 Å². The number of hydrogen-bond acceptors (Lipinski definition) is 2. The Labute approximate surface area is 103 Å². The Kier molecular flexibility index (Phi) is 5.38. The maximum Gasteiger partial charge on any atom is 0.216 e. The first-order chi connectivity index (χ1) is 8.05. The van der Waals surface area contributed by atoms with Gasteiger partial charge in [-0.1, -0.05) is 42.8 Å². The van der Waals surface area contributed by atoms with Crippen molar-refractivity contribution in [1.82, 2.24) is 0 Å². The van der Waals surface area contributed by atoms with Crippen molar-refractivity contribution in [3.8, 4) is 0 Å². The molecule has 1 unspecified atom stereocenters. The van der Waals surface area contributed by atoms with Crippen LogP contribution in [0.2, 0.25) is 0 Å². The molecule has 1 aromatic carbocycles. The summed E-state index contributed by atoms with van der Waals surface area (Å²) in [6.45, 7) is 3.64. The van der Waals surface area contributed by atoms with Gasteiger partial charge in [-0.3, -0.25) is 0 Å². The molecule has 3 nitrogen and oxygen atoms in total. The monoisotopic (exact) mass is 253 g/mol. The van der Waals surface area contributed by atoms with E-state index in [4.69, 9.17) is 5.14 Å². The summed E-state index contributed by atoms with van der Waals surface area (Å²) in [5, 5.41) is 4.69. The zero-order valence-electron chi connectivity index (χ0n) is 9.88. The van der Waals surface area contributed by atoms with Gasteiger partial charge in [-0.05, 0) is 24.8 Å². The van der Waals surface area contributed by atoms with E-state index < -0.39 is 15.3 Å². The molecule has 0 aliphatic rings. The Hall–Kier alpha value is -1.13. The molecule has 0 heterocycles.